The van der Waals surface area contributed by atoms with Gasteiger partial charge in [0.2, 0.25) is 0 Å². The van der Waals surface area contributed by atoms with Crippen molar-refractivity contribution in [3.8, 4) is 5.75 Å². The molecule has 1 N–H and O–H groups in total. The predicted octanol–water partition coefficient (Wildman–Crippen LogP) is 3.43. The molecule has 2 heteroatoms. The number of fused-ring (bicyclic) bond motifs is 1. The standard InChI is InChI=1S/C18H25NO/c1-20-15-6-4-5-14-7-10-17-8-2-3-9-18(17,16(14)15)11-12-19-13-17/h4-6,19H,2-3,7-13H2,1H3. The smallest absolute Gasteiger partial charge is 0.122 e. The van der Waals surface area contributed by atoms with Crippen LogP contribution in [0.4, 0.5) is 0 Å². The molecule has 3 aliphatic rings. The fourth-order valence-electron chi connectivity index (χ4n) is 5.51. The molecule has 1 aliphatic heterocycles. The highest BCUT2D eigenvalue weighted by molar-refractivity contribution is 5.50. The Labute approximate surface area is 121 Å². The summed E-state index contributed by atoms with van der Waals surface area (Å²) in [6, 6.07) is 6.69. The summed E-state index contributed by atoms with van der Waals surface area (Å²) < 4.78 is 5.78. The van der Waals surface area contributed by atoms with E-state index in [2.05, 4.69) is 23.5 Å². The number of aryl methyl sites for hydroxylation is 1. The molecule has 1 aromatic carbocycles. The van der Waals surface area contributed by atoms with E-state index in [1.54, 1.807) is 11.1 Å². The summed E-state index contributed by atoms with van der Waals surface area (Å²) >= 11 is 0. The van der Waals surface area contributed by atoms with Gasteiger partial charge in [0.25, 0.3) is 0 Å². The summed E-state index contributed by atoms with van der Waals surface area (Å²) in [5, 5.41) is 3.70. The van der Waals surface area contributed by atoms with E-state index in [0.29, 0.717) is 10.8 Å². The molecule has 0 radical (unpaired) electrons. The van der Waals surface area contributed by atoms with Crippen LogP contribution in [0.1, 0.15) is 49.7 Å². The van der Waals surface area contributed by atoms with Gasteiger partial charge in [0.15, 0.2) is 0 Å². The van der Waals surface area contributed by atoms with Gasteiger partial charge in [-0.3, -0.25) is 0 Å². The average Bonchev–Trinajstić information content (AvgIpc) is 2.53. The number of hydrogen-bond donors (Lipinski definition) is 1. The van der Waals surface area contributed by atoms with E-state index in [9.17, 15) is 0 Å². The fraction of sp³-hybridized carbons (Fsp3) is 0.667. The van der Waals surface area contributed by atoms with Crippen molar-refractivity contribution in [2.45, 2.75) is 50.4 Å². The number of methoxy groups -OCH3 is 1. The van der Waals surface area contributed by atoms with Crippen molar-refractivity contribution in [1.82, 2.24) is 5.32 Å². The highest BCUT2D eigenvalue weighted by atomic mass is 16.5. The van der Waals surface area contributed by atoms with Gasteiger partial charge >= 0.3 is 0 Å². The van der Waals surface area contributed by atoms with Crippen molar-refractivity contribution in [3.63, 3.8) is 0 Å². The lowest BCUT2D eigenvalue weighted by Crippen LogP contribution is -2.60. The number of ether oxygens (including phenoxy) is 1. The van der Waals surface area contributed by atoms with Crippen LogP contribution in [0.25, 0.3) is 0 Å². The first-order valence-corrected chi connectivity index (χ1v) is 8.18. The maximum absolute atomic E-state index is 5.78. The molecule has 0 bridgehead atoms. The Hall–Kier alpha value is -1.02. The molecule has 2 unspecified atom stereocenters. The topological polar surface area (TPSA) is 21.3 Å². The molecule has 0 spiro atoms. The zero-order valence-electron chi connectivity index (χ0n) is 12.5. The fourth-order valence-corrected chi connectivity index (χ4v) is 5.51. The predicted molar refractivity (Wildman–Crippen MR) is 81.4 cm³/mol. The van der Waals surface area contributed by atoms with Gasteiger partial charge in [0, 0.05) is 17.5 Å². The number of nitrogens with one attached hydrogen (secondary N) is 1. The van der Waals surface area contributed by atoms with Crippen LogP contribution in [0.3, 0.4) is 0 Å². The first-order valence-electron chi connectivity index (χ1n) is 8.18. The van der Waals surface area contributed by atoms with Crippen LogP contribution >= 0.6 is 0 Å². The Morgan fingerprint density at radius 2 is 2.00 bits per heavy atom. The van der Waals surface area contributed by atoms with Gasteiger partial charge in [-0.15, -0.1) is 0 Å². The first-order chi connectivity index (χ1) is 9.81. The van der Waals surface area contributed by atoms with E-state index in [1.165, 1.54) is 58.0 Å². The summed E-state index contributed by atoms with van der Waals surface area (Å²) in [5.74, 6) is 1.15. The van der Waals surface area contributed by atoms with Gasteiger partial charge in [-0.1, -0.05) is 25.0 Å². The second-order valence-corrected chi connectivity index (χ2v) is 6.99. The molecular weight excluding hydrogens is 246 g/mol. The molecule has 2 atom stereocenters. The molecule has 2 nitrogen and oxygen atoms in total. The van der Waals surface area contributed by atoms with Crippen molar-refractivity contribution in [2.75, 3.05) is 20.2 Å². The number of rotatable bonds is 1. The molecule has 20 heavy (non-hydrogen) atoms. The molecule has 1 heterocycles. The first kappa shape index (κ1) is 12.7. The molecule has 108 valence electrons. The van der Waals surface area contributed by atoms with Crippen molar-refractivity contribution in [3.05, 3.63) is 29.3 Å². The minimum absolute atomic E-state index is 0.386. The molecule has 1 saturated carbocycles. The number of piperidine rings is 1. The third-order valence-corrected chi connectivity index (χ3v) is 6.40. The monoisotopic (exact) mass is 271 g/mol. The SMILES string of the molecule is COc1cccc2c1C13CCCCC1(CC2)CNCC3. The zero-order valence-corrected chi connectivity index (χ0v) is 12.5. The lowest BCUT2D eigenvalue weighted by Gasteiger charge is -2.60. The lowest BCUT2D eigenvalue weighted by molar-refractivity contribution is 0.00333. The molecule has 1 saturated heterocycles. The minimum Gasteiger partial charge on any atom is -0.496 e. The van der Waals surface area contributed by atoms with Gasteiger partial charge in [-0.2, -0.15) is 0 Å². The summed E-state index contributed by atoms with van der Waals surface area (Å²) in [4.78, 5) is 0. The Morgan fingerprint density at radius 3 is 2.90 bits per heavy atom. The molecule has 4 rings (SSSR count). The van der Waals surface area contributed by atoms with Crippen LogP contribution in [-0.4, -0.2) is 20.2 Å². The molecular formula is C18H25NO. The summed E-state index contributed by atoms with van der Waals surface area (Å²) in [5.41, 5.74) is 4.01. The second-order valence-electron chi connectivity index (χ2n) is 6.99. The molecule has 1 aromatic rings. The van der Waals surface area contributed by atoms with E-state index in [1.807, 2.05) is 7.11 Å². The van der Waals surface area contributed by atoms with Crippen LogP contribution in [-0.2, 0) is 11.8 Å². The Bertz CT molecular complexity index is 496. The normalized spacial score (nSPS) is 35.6. The third kappa shape index (κ3) is 1.49. The van der Waals surface area contributed by atoms with Gasteiger partial charge in [-0.25, -0.2) is 0 Å². The number of hydrogen-bond acceptors (Lipinski definition) is 2. The highest BCUT2D eigenvalue weighted by Gasteiger charge is 2.57. The van der Waals surface area contributed by atoms with Gasteiger partial charge in [0.1, 0.15) is 5.75 Å². The Kier molecular flexibility index (Phi) is 2.85. The molecule has 2 fully saturated rings. The lowest BCUT2D eigenvalue weighted by atomic mass is 9.46. The second kappa shape index (κ2) is 4.49. The van der Waals surface area contributed by atoms with Gasteiger partial charge in [0.05, 0.1) is 7.11 Å². The third-order valence-electron chi connectivity index (χ3n) is 6.40. The molecule has 0 amide bonds. The quantitative estimate of drug-likeness (QED) is 0.845. The van der Waals surface area contributed by atoms with E-state index < -0.39 is 0 Å². The van der Waals surface area contributed by atoms with Crippen LogP contribution < -0.4 is 10.1 Å². The van der Waals surface area contributed by atoms with Crippen LogP contribution in [0, 0.1) is 5.41 Å². The zero-order chi connectivity index (χ0) is 13.6. The Morgan fingerprint density at radius 1 is 1.10 bits per heavy atom. The number of benzene rings is 1. The average molecular weight is 271 g/mol. The molecule has 0 aromatic heterocycles. The van der Waals surface area contributed by atoms with E-state index in [-0.39, 0.29) is 0 Å². The summed E-state index contributed by atoms with van der Waals surface area (Å²) in [6.07, 6.45) is 9.45. The summed E-state index contributed by atoms with van der Waals surface area (Å²) in [6.45, 7) is 2.38. The van der Waals surface area contributed by atoms with Gasteiger partial charge < -0.3 is 10.1 Å². The van der Waals surface area contributed by atoms with Crippen LogP contribution in [0.15, 0.2) is 18.2 Å². The van der Waals surface area contributed by atoms with Gasteiger partial charge in [-0.05, 0) is 55.7 Å². The highest BCUT2D eigenvalue weighted by Crippen LogP contribution is 2.62. The van der Waals surface area contributed by atoms with Crippen molar-refractivity contribution >= 4 is 0 Å². The van der Waals surface area contributed by atoms with Crippen molar-refractivity contribution < 1.29 is 4.74 Å². The van der Waals surface area contributed by atoms with Crippen molar-refractivity contribution in [2.24, 2.45) is 5.41 Å². The van der Waals surface area contributed by atoms with E-state index in [0.717, 1.165) is 5.75 Å². The van der Waals surface area contributed by atoms with Crippen molar-refractivity contribution in [1.29, 1.82) is 0 Å². The van der Waals surface area contributed by atoms with Crippen LogP contribution in [0.5, 0.6) is 5.75 Å². The largest absolute Gasteiger partial charge is 0.496 e. The minimum atomic E-state index is 0.386. The summed E-state index contributed by atoms with van der Waals surface area (Å²) in [7, 11) is 1.84. The van der Waals surface area contributed by atoms with Crippen LogP contribution in [0.2, 0.25) is 0 Å². The maximum Gasteiger partial charge on any atom is 0.122 e. The maximum atomic E-state index is 5.78. The van der Waals surface area contributed by atoms with E-state index >= 15 is 0 Å². The Balaban J connectivity index is 1.95. The van der Waals surface area contributed by atoms with E-state index in [4.69, 9.17) is 4.74 Å². The molecule has 2 aliphatic carbocycles.